The van der Waals surface area contributed by atoms with Crippen LogP contribution in [0.1, 0.15) is 10.5 Å². The van der Waals surface area contributed by atoms with Gasteiger partial charge in [-0.05, 0) is 12.1 Å². The number of aromatic amines is 1. The van der Waals surface area contributed by atoms with Gasteiger partial charge in [-0.25, -0.2) is 9.90 Å². The number of hydrogen-bond donors (Lipinski definition) is 2. The minimum absolute atomic E-state index is 0. The third kappa shape index (κ3) is 2.24. The molecule has 1 radical (unpaired) electrons. The number of carbonyl (C=O) groups excluding carboxylic acids is 1. The zero-order valence-electron chi connectivity index (χ0n) is 8.68. The summed E-state index contributed by atoms with van der Waals surface area (Å²) in [5.41, 5.74) is 4.73. The Kier molecular flexibility index (Phi) is 4.05. The van der Waals surface area contributed by atoms with E-state index in [0.717, 1.165) is 4.68 Å². The van der Waals surface area contributed by atoms with Crippen LogP contribution < -0.4 is 11.3 Å². The Morgan fingerprint density at radius 2 is 1.94 bits per heavy atom. The zero-order chi connectivity index (χ0) is 10.8. The molecule has 1 amide bonds. The number of nitrogens with zero attached hydrogens (tertiary/aromatic N) is 2. The number of nitrogens with one attached hydrogen (secondary N) is 1. The molecule has 0 saturated carbocycles. The first kappa shape index (κ1) is 12.7. The summed E-state index contributed by atoms with van der Waals surface area (Å²) >= 11 is 0. The second-order valence-electron chi connectivity index (χ2n) is 2.90. The van der Waals surface area contributed by atoms with Crippen LogP contribution in [0, 0.1) is 0 Å². The Labute approximate surface area is 113 Å². The number of H-pyrrole nitrogens is 1. The van der Waals surface area contributed by atoms with Crippen LogP contribution >= 0.6 is 0 Å². The van der Waals surface area contributed by atoms with Crippen molar-refractivity contribution < 1.29 is 4.79 Å². The van der Waals surface area contributed by atoms with Crippen molar-refractivity contribution in [3.63, 3.8) is 0 Å². The fourth-order valence-electron chi connectivity index (χ4n) is 1.21. The number of benzene rings is 1. The molecule has 77 valence electrons. The normalized spacial score (nSPS) is 9.50. The summed E-state index contributed by atoms with van der Waals surface area (Å²) in [5.74, 6) is -0.842. The Bertz CT molecular complexity index is 546. The molecular weight excluding hydrogens is 219 g/mol. The number of rotatable bonds is 2. The fourth-order valence-corrected chi connectivity index (χ4v) is 1.21. The van der Waals surface area contributed by atoms with Crippen LogP contribution in [0.2, 0.25) is 0 Å². The summed E-state index contributed by atoms with van der Waals surface area (Å²) in [6, 6.07) is 8.79. The zero-order valence-corrected chi connectivity index (χ0v) is 10.7. The number of amides is 1. The van der Waals surface area contributed by atoms with Gasteiger partial charge in [0.15, 0.2) is 0 Å². The molecule has 1 aromatic heterocycles. The number of carbonyl (C=O) groups is 1. The largest absolute Gasteiger partial charge is 0.364 e. The number of primary amides is 1. The maximum atomic E-state index is 11.6. The Balaban J connectivity index is 0.00000128. The van der Waals surface area contributed by atoms with Gasteiger partial charge in [-0.1, -0.05) is 18.2 Å². The Morgan fingerprint density at radius 1 is 1.31 bits per heavy atom. The van der Waals surface area contributed by atoms with Crippen LogP contribution in [0.4, 0.5) is 0 Å². The Hall–Kier alpha value is -1.37. The van der Waals surface area contributed by atoms with Gasteiger partial charge in [0.2, 0.25) is 5.69 Å². The van der Waals surface area contributed by atoms with Crippen molar-refractivity contribution in [2.45, 2.75) is 0 Å². The molecule has 1 heterocycles. The molecule has 0 aliphatic rings. The average molecular weight is 227 g/mol. The number of hydrogen-bond acceptors (Lipinski definition) is 3. The van der Waals surface area contributed by atoms with Crippen molar-refractivity contribution in [3.05, 3.63) is 46.4 Å². The van der Waals surface area contributed by atoms with Gasteiger partial charge in [-0.3, -0.25) is 9.59 Å². The molecule has 2 aromatic rings. The molecule has 1 aromatic carbocycles. The maximum absolute atomic E-state index is 11.6. The van der Waals surface area contributed by atoms with Crippen molar-refractivity contribution >= 4 is 35.5 Å². The SMILES string of the molecule is NC(=O)c1n[nH]n(-c2ccccc2)c1=O.[Na]. The molecule has 0 fully saturated rings. The average Bonchev–Trinajstić information content (AvgIpc) is 2.61. The third-order valence-electron chi connectivity index (χ3n) is 1.92. The summed E-state index contributed by atoms with van der Waals surface area (Å²) in [4.78, 5) is 22.4. The summed E-state index contributed by atoms with van der Waals surface area (Å²) < 4.78 is 1.15. The van der Waals surface area contributed by atoms with E-state index in [1.165, 1.54) is 0 Å². The molecule has 0 unspecified atom stereocenters. The van der Waals surface area contributed by atoms with E-state index in [9.17, 15) is 9.59 Å². The van der Waals surface area contributed by atoms with Gasteiger partial charge in [0, 0.05) is 29.6 Å². The molecular formula is C9H8N4NaO2. The molecule has 16 heavy (non-hydrogen) atoms. The van der Waals surface area contributed by atoms with Crippen molar-refractivity contribution in [1.29, 1.82) is 0 Å². The minimum atomic E-state index is -0.842. The molecule has 3 N–H and O–H groups in total. The minimum Gasteiger partial charge on any atom is -0.364 e. The Morgan fingerprint density at radius 3 is 2.44 bits per heavy atom. The first-order valence-corrected chi connectivity index (χ1v) is 4.23. The molecule has 0 atom stereocenters. The van der Waals surface area contributed by atoms with E-state index in [0.29, 0.717) is 5.69 Å². The van der Waals surface area contributed by atoms with E-state index in [2.05, 4.69) is 10.3 Å². The van der Waals surface area contributed by atoms with Crippen LogP contribution in [0.25, 0.3) is 5.69 Å². The quantitative estimate of drug-likeness (QED) is 0.663. The van der Waals surface area contributed by atoms with E-state index in [1.807, 2.05) is 6.07 Å². The fraction of sp³-hybridized carbons (Fsp3) is 0. The molecule has 2 rings (SSSR count). The molecule has 0 bridgehead atoms. The van der Waals surface area contributed by atoms with E-state index in [1.54, 1.807) is 24.3 Å². The van der Waals surface area contributed by atoms with Gasteiger partial charge in [0.05, 0.1) is 5.69 Å². The molecule has 7 heteroatoms. The van der Waals surface area contributed by atoms with E-state index >= 15 is 0 Å². The molecule has 0 aliphatic carbocycles. The van der Waals surface area contributed by atoms with Crippen LogP contribution in [-0.2, 0) is 0 Å². The second-order valence-corrected chi connectivity index (χ2v) is 2.90. The molecule has 0 aliphatic heterocycles. The number of aromatic nitrogens is 3. The van der Waals surface area contributed by atoms with Crippen LogP contribution in [-0.4, -0.2) is 50.5 Å². The number of para-hydroxylation sites is 1. The first-order chi connectivity index (χ1) is 7.20. The van der Waals surface area contributed by atoms with Gasteiger partial charge >= 0.3 is 5.56 Å². The summed E-state index contributed by atoms with van der Waals surface area (Å²) in [7, 11) is 0. The second kappa shape index (κ2) is 5.11. The molecule has 0 spiro atoms. The summed E-state index contributed by atoms with van der Waals surface area (Å²) in [6.45, 7) is 0. The third-order valence-corrected chi connectivity index (χ3v) is 1.92. The maximum Gasteiger partial charge on any atom is 0.304 e. The van der Waals surface area contributed by atoms with Gasteiger partial charge < -0.3 is 5.73 Å². The number of nitrogens with two attached hydrogens (primary N) is 1. The summed E-state index contributed by atoms with van der Waals surface area (Å²) in [5, 5.41) is 5.97. The standard InChI is InChI=1S/C9H8N4O2.Na/c10-8(14)7-9(15)13(12-11-7)6-4-2-1-3-5-6;/h1-5,12H,(H2,10,14);. The van der Waals surface area contributed by atoms with E-state index < -0.39 is 11.5 Å². The van der Waals surface area contributed by atoms with Gasteiger partial charge in [-0.2, -0.15) is 0 Å². The van der Waals surface area contributed by atoms with Crippen molar-refractivity contribution in [2.75, 3.05) is 0 Å². The van der Waals surface area contributed by atoms with E-state index in [-0.39, 0.29) is 35.3 Å². The van der Waals surface area contributed by atoms with Crippen molar-refractivity contribution in [3.8, 4) is 5.69 Å². The van der Waals surface area contributed by atoms with Crippen LogP contribution in [0.3, 0.4) is 0 Å². The van der Waals surface area contributed by atoms with Gasteiger partial charge in [0.25, 0.3) is 5.91 Å². The first-order valence-electron chi connectivity index (χ1n) is 4.23. The van der Waals surface area contributed by atoms with Crippen molar-refractivity contribution in [1.82, 2.24) is 15.0 Å². The predicted molar refractivity (Wildman–Crippen MR) is 58.5 cm³/mol. The smallest absolute Gasteiger partial charge is 0.304 e. The topological polar surface area (TPSA) is 93.8 Å². The monoisotopic (exact) mass is 227 g/mol. The van der Waals surface area contributed by atoms with E-state index in [4.69, 9.17) is 5.73 Å². The van der Waals surface area contributed by atoms with Crippen LogP contribution in [0.15, 0.2) is 35.1 Å². The van der Waals surface area contributed by atoms with Gasteiger partial charge in [-0.15, -0.1) is 5.10 Å². The predicted octanol–water partition coefficient (Wildman–Crippen LogP) is -0.721. The van der Waals surface area contributed by atoms with Crippen molar-refractivity contribution in [2.24, 2.45) is 5.73 Å². The summed E-state index contributed by atoms with van der Waals surface area (Å²) in [6.07, 6.45) is 0. The molecule has 0 saturated heterocycles. The van der Waals surface area contributed by atoms with Crippen LogP contribution in [0.5, 0.6) is 0 Å². The molecule has 6 nitrogen and oxygen atoms in total. The van der Waals surface area contributed by atoms with Gasteiger partial charge in [0.1, 0.15) is 0 Å².